The third-order valence-corrected chi connectivity index (χ3v) is 4.67. The molecule has 3 amide bonds. The molecule has 2 atom stereocenters. The van der Waals surface area contributed by atoms with Crippen molar-refractivity contribution < 1.29 is 18.2 Å². The zero-order valence-corrected chi connectivity index (χ0v) is 9.97. The Morgan fingerprint density at radius 2 is 2.11 bits per heavy atom. The van der Waals surface area contributed by atoms with Gasteiger partial charge in [-0.05, 0) is 24.6 Å². The Morgan fingerprint density at radius 1 is 1.33 bits per heavy atom. The number of urea groups is 1. The first kappa shape index (κ1) is 11.3. The minimum atomic E-state index is -1.28. The van der Waals surface area contributed by atoms with E-state index in [0.717, 1.165) is 6.07 Å². The van der Waals surface area contributed by atoms with Crippen molar-refractivity contribution in [2.24, 2.45) is 0 Å². The summed E-state index contributed by atoms with van der Waals surface area (Å²) in [6.07, 6.45) is 0.202. The van der Waals surface area contributed by atoms with Crippen LogP contribution >= 0.6 is 0 Å². The average molecular weight is 268 g/mol. The topological polar surface area (TPSA) is 75.3 Å². The predicted octanol–water partition coefficient (Wildman–Crippen LogP) is 0.372. The van der Waals surface area contributed by atoms with Crippen LogP contribution in [0.3, 0.4) is 0 Å². The molecule has 0 bridgehead atoms. The number of hydrogen-bond acceptors (Lipinski definition) is 3. The number of hydrogen-bond donors (Lipinski definition) is 2. The lowest BCUT2D eigenvalue weighted by atomic mass is 9.87. The van der Waals surface area contributed by atoms with E-state index in [1.807, 2.05) is 0 Å². The van der Waals surface area contributed by atoms with Gasteiger partial charge in [-0.15, -0.1) is 0 Å². The largest absolute Gasteiger partial charge is 0.322 e. The molecule has 18 heavy (non-hydrogen) atoms. The second-order valence-electron chi connectivity index (χ2n) is 4.25. The van der Waals surface area contributed by atoms with Crippen molar-refractivity contribution in [3.63, 3.8) is 0 Å². The molecule has 1 aromatic rings. The fourth-order valence-electron chi connectivity index (χ4n) is 2.38. The van der Waals surface area contributed by atoms with Crippen LogP contribution in [0.1, 0.15) is 12.0 Å². The van der Waals surface area contributed by atoms with Crippen LogP contribution in [-0.2, 0) is 21.1 Å². The lowest BCUT2D eigenvalue weighted by Crippen LogP contribution is -2.47. The van der Waals surface area contributed by atoms with Crippen molar-refractivity contribution in [1.29, 1.82) is 0 Å². The van der Waals surface area contributed by atoms with E-state index < -0.39 is 34.1 Å². The van der Waals surface area contributed by atoms with Crippen LogP contribution in [0.2, 0.25) is 0 Å². The summed E-state index contributed by atoms with van der Waals surface area (Å²) in [5, 5.41) is 4.66. The van der Waals surface area contributed by atoms with Crippen molar-refractivity contribution in [1.82, 2.24) is 10.6 Å². The van der Waals surface area contributed by atoms with E-state index >= 15 is 0 Å². The summed E-state index contributed by atoms with van der Waals surface area (Å²) in [7, 11) is -1.27. The summed E-state index contributed by atoms with van der Waals surface area (Å²) in [5.74, 6) is -0.788. The Labute approximate surface area is 104 Å². The highest BCUT2D eigenvalue weighted by atomic mass is 32.2. The molecular weight excluding hydrogens is 259 g/mol. The molecule has 0 radical (unpaired) electrons. The van der Waals surface area contributed by atoms with Gasteiger partial charge in [-0.2, -0.15) is 0 Å². The van der Waals surface area contributed by atoms with Gasteiger partial charge in [-0.3, -0.25) is 14.3 Å². The highest BCUT2D eigenvalue weighted by molar-refractivity contribution is 7.85. The number of benzene rings is 1. The van der Waals surface area contributed by atoms with Crippen LogP contribution in [0.25, 0.3) is 0 Å². The van der Waals surface area contributed by atoms with Gasteiger partial charge in [-0.1, -0.05) is 0 Å². The zero-order valence-electron chi connectivity index (χ0n) is 9.16. The number of carbonyl (C=O) groups excluding carboxylic acids is 2. The van der Waals surface area contributed by atoms with E-state index in [4.69, 9.17) is 0 Å². The maximum atomic E-state index is 13.3. The van der Waals surface area contributed by atoms with Crippen LogP contribution < -0.4 is 10.6 Å². The monoisotopic (exact) mass is 268 g/mol. The van der Waals surface area contributed by atoms with Crippen molar-refractivity contribution in [2.45, 2.75) is 16.9 Å². The molecule has 7 heteroatoms. The van der Waals surface area contributed by atoms with Gasteiger partial charge < -0.3 is 5.32 Å². The Hall–Kier alpha value is -1.76. The van der Waals surface area contributed by atoms with Gasteiger partial charge in [0.05, 0.1) is 10.8 Å². The Kier molecular flexibility index (Phi) is 2.28. The molecule has 0 aliphatic carbocycles. The van der Waals surface area contributed by atoms with E-state index in [1.54, 1.807) is 0 Å². The Bertz CT molecular complexity index is 604. The van der Waals surface area contributed by atoms with Crippen molar-refractivity contribution in [3.05, 3.63) is 29.6 Å². The molecule has 1 aromatic carbocycles. The fraction of sp³-hybridized carbons (Fsp3) is 0.273. The molecule has 1 fully saturated rings. The van der Waals surface area contributed by atoms with Crippen molar-refractivity contribution >= 4 is 22.7 Å². The molecule has 2 N–H and O–H groups in total. The molecule has 0 aromatic heterocycles. The second-order valence-corrected chi connectivity index (χ2v) is 5.79. The van der Waals surface area contributed by atoms with Crippen LogP contribution in [0.4, 0.5) is 9.18 Å². The summed E-state index contributed by atoms with van der Waals surface area (Å²) in [5.41, 5.74) is -0.988. The van der Waals surface area contributed by atoms with Crippen LogP contribution in [0.15, 0.2) is 23.1 Å². The van der Waals surface area contributed by atoms with Gasteiger partial charge in [0.25, 0.3) is 5.91 Å². The molecule has 0 saturated carbocycles. The molecule has 2 aliphatic rings. The first-order valence-electron chi connectivity index (χ1n) is 5.35. The summed E-state index contributed by atoms with van der Waals surface area (Å²) in [6, 6.07) is 3.16. The number of carbonyl (C=O) groups is 2. The third kappa shape index (κ3) is 1.40. The van der Waals surface area contributed by atoms with Gasteiger partial charge in [0, 0.05) is 16.2 Å². The van der Waals surface area contributed by atoms with Crippen LogP contribution in [0, 0.1) is 5.82 Å². The number of nitrogens with one attached hydrogen (secondary N) is 2. The first-order valence-corrected chi connectivity index (χ1v) is 6.67. The van der Waals surface area contributed by atoms with Gasteiger partial charge in [0.1, 0.15) is 11.4 Å². The summed E-state index contributed by atoms with van der Waals surface area (Å²) < 4.78 is 25.2. The number of fused-ring (bicyclic) bond motifs is 2. The number of amides is 3. The van der Waals surface area contributed by atoms with Gasteiger partial charge >= 0.3 is 6.03 Å². The minimum Gasteiger partial charge on any atom is -0.319 e. The number of imide groups is 1. The summed E-state index contributed by atoms with van der Waals surface area (Å²) in [6.45, 7) is 0. The third-order valence-electron chi connectivity index (χ3n) is 3.25. The molecule has 94 valence electrons. The maximum Gasteiger partial charge on any atom is 0.322 e. The Balaban J connectivity index is 2.24. The SMILES string of the molecule is O=C1NC(=O)C2(CCS(=O)c3ccc(F)cc32)N1. The normalized spacial score (nSPS) is 29.9. The molecular formula is C11H9FN2O3S. The van der Waals surface area contributed by atoms with Crippen molar-refractivity contribution in [3.8, 4) is 0 Å². The van der Waals surface area contributed by atoms with Gasteiger partial charge in [0.2, 0.25) is 0 Å². The Morgan fingerprint density at radius 3 is 2.78 bits per heavy atom. The standard InChI is InChI=1S/C11H9FN2O3S/c12-6-1-2-8-7(5-6)11(3-4-18(8)17)9(15)13-10(16)14-11/h1-2,5H,3-4H2,(H2,13,14,15,16). The van der Waals surface area contributed by atoms with E-state index in [0.29, 0.717) is 4.90 Å². The lowest BCUT2D eigenvalue weighted by molar-refractivity contribution is -0.124. The van der Waals surface area contributed by atoms with Gasteiger partial charge in [0.15, 0.2) is 0 Å². The van der Waals surface area contributed by atoms with Crippen LogP contribution in [-0.4, -0.2) is 21.9 Å². The summed E-state index contributed by atoms with van der Waals surface area (Å²) in [4.78, 5) is 23.6. The second kappa shape index (κ2) is 3.61. The maximum absolute atomic E-state index is 13.3. The number of rotatable bonds is 0. The summed E-state index contributed by atoms with van der Waals surface area (Å²) >= 11 is 0. The van der Waals surface area contributed by atoms with Gasteiger partial charge in [-0.25, -0.2) is 9.18 Å². The molecule has 5 nitrogen and oxygen atoms in total. The minimum absolute atomic E-state index is 0.202. The smallest absolute Gasteiger partial charge is 0.319 e. The number of halogens is 1. The molecule has 2 heterocycles. The van der Waals surface area contributed by atoms with E-state index in [2.05, 4.69) is 10.6 Å². The highest BCUT2D eigenvalue weighted by Crippen LogP contribution is 2.37. The quantitative estimate of drug-likeness (QED) is 0.668. The lowest BCUT2D eigenvalue weighted by Gasteiger charge is -2.32. The molecule has 1 saturated heterocycles. The highest BCUT2D eigenvalue weighted by Gasteiger charge is 2.51. The molecule has 2 aliphatic heterocycles. The molecule has 3 rings (SSSR count). The van der Waals surface area contributed by atoms with Crippen LogP contribution in [0.5, 0.6) is 0 Å². The molecule has 2 unspecified atom stereocenters. The van der Waals surface area contributed by atoms with Crippen molar-refractivity contribution in [2.75, 3.05) is 5.75 Å². The zero-order chi connectivity index (χ0) is 12.9. The van der Waals surface area contributed by atoms with E-state index in [-0.39, 0.29) is 17.7 Å². The average Bonchev–Trinajstić information content (AvgIpc) is 2.60. The van der Waals surface area contributed by atoms with E-state index in [1.165, 1.54) is 12.1 Å². The predicted molar refractivity (Wildman–Crippen MR) is 60.6 cm³/mol. The van der Waals surface area contributed by atoms with E-state index in [9.17, 15) is 18.2 Å². The molecule has 1 spiro atoms. The fourth-order valence-corrected chi connectivity index (χ4v) is 3.79. The first-order chi connectivity index (χ1) is 8.53.